The quantitative estimate of drug-likeness (QED) is 0.667. The maximum Gasteiger partial charge on any atom is 0.254 e. The van der Waals surface area contributed by atoms with Gasteiger partial charge < -0.3 is 10.0 Å². The van der Waals surface area contributed by atoms with E-state index in [1.165, 1.54) is 0 Å². The Labute approximate surface area is 159 Å². The maximum absolute atomic E-state index is 13.2. The summed E-state index contributed by atoms with van der Waals surface area (Å²) in [6.45, 7) is 2.91. The third-order valence-electron chi connectivity index (χ3n) is 4.54. The molecular weight excluding hydrogens is 340 g/mol. The molecule has 6 heteroatoms. The first-order valence-corrected chi connectivity index (χ1v) is 9.08. The number of hydrogen-bond acceptors (Lipinski definition) is 4. The summed E-state index contributed by atoms with van der Waals surface area (Å²) in [5.74, 6) is -0.0953. The predicted molar refractivity (Wildman–Crippen MR) is 103 cm³/mol. The Morgan fingerprint density at radius 1 is 1.19 bits per heavy atom. The van der Waals surface area contributed by atoms with Gasteiger partial charge in [0.15, 0.2) is 0 Å². The minimum absolute atomic E-state index is 0.0739. The van der Waals surface area contributed by atoms with Gasteiger partial charge in [-0.3, -0.25) is 14.5 Å². The number of rotatable bonds is 8. The smallest absolute Gasteiger partial charge is 0.254 e. The van der Waals surface area contributed by atoms with Crippen molar-refractivity contribution in [2.24, 2.45) is 0 Å². The molecule has 0 aliphatic heterocycles. The van der Waals surface area contributed by atoms with E-state index >= 15 is 0 Å². The van der Waals surface area contributed by atoms with Crippen LogP contribution in [-0.2, 0) is 13.1 Å². The summed E-state index contributed by atoms with van der Waals surface area (Å²) in [6, 6.07) is 13.0. The first-order valence-electron chi connectivity index (χ1n) is 9.08. The van der Waals surface area contributed by atoms with Crippen LogP contribution in [0.25, 0.3) is 0 Å². The Hall–Kier alpha value is -2.99. The van der Waals surface area contributed by atoms with Crippen molar-refractivity contribution in [1.29, 1.82) is 0 Å². The van der Waals surface area contributed by atoms with E-state index in [1.807, 2.05) is 60.3 Å². The number of nitrogens with zero attached hydrogens (tertiary/aromatic N) is 4. The molecule has 27 heavy (non-hydrogen) atoms. The molecule has 0 aliphatic rings. The molecule has 6 nitrogen and oxygen atoms in total. The Bertz CT molecular complexity index is 846. The Kier molecular flexibility index (Phi) is 6.33. The van der Waals surface area contributed by atoms with Crippen LogP contribution in [0, 0.1) is 0 Å². The summed E-state index contributed by atoms with van der Waals surface area (Å²) in [5, 5.41) is 14.0. The minimum Gasteiger partial charge on any atom is -0.394 e. The maximum atomic E-state index is 13.2. The van der Waals surface area contributed by atoms with Crippen LogP contribution in [0.1, 0.15) is 34.8 Å². The van der Waals surface area contributed by atoms with Crippen LogP contribution in [0.15, 0.2) is 67.3 Å². The van der Waals surface area contributed by atoms with E-state index in [1.54, 1.807) is 23.5 Å². The van der Waals surface area contributed by atoms with E-state index in [2.05, 4.69) is 10.1 Å². The van der Waals surface area contributed by atoms with E-state index in [0.717, 1.165) is 11.1 Å². The van der Waals surface area contributed by atoms with Gasteiger partial charge >= 0.3 is 0 Å². The first-order chi connectivity index (χ1) is 13.2. The highest BCUT2D eigenvalue weighted by atomic mass is 16.3. The average molecular weight is 364 g/mol. The van der Waals surface area contributed by atoms with E-state index in [9.17, 15) is 9.90 Å². The van der Waals surface area contributed by atoms with Crippen LogP contribution >= 0.6 is 0 Å². The van der Waals surface area contributed by atoms with Gasteiger partial charge in [0.1, 0.15) is 0 Å². The molecule has 0 saturated heterocycles. The van der Waals surface area contributed by atoms with E-state index in [-0.39, 0.29) is 18.6 Å². The third-order valence-corrected chi connectivity index (χ3v) is 4.54. The number of carbonyl (C=O) groups excluding carboxylic acids is 1. The number of aliphatic hydroxyl groups excluding tert-OH is 1. The lowest BCUT2D eigenvalue weighted by Crippen LogP contribution is -2.41. The van der Waals surface area contributed by atoms with Gasteiger partial charge in [-0.2, -0.15) is 5.10 Å². The van der Waals surface area contributed by atoms with Gasteiger partial charge in [0.25, 0.3) is 5.91 Å². The van der Waals surface area contributed by atoms with Crippen LogP contribution in [0.3, 0.4) is 0 Å². The Morgan fingerprint density at radius 3 is 2.70 bits per heavy atom. The van der Waals surface area contributed by atoms with Crippen LogP contribution in [0.5, 0.6) is 0 Å². The average Bonchev–Trinajstić information content (AvgIpc) is 3.21. The van der Waals surface area contributed by atoms with Gasteiger partial charge in [0.2, 0.25) is 0 Å². The molecule has 0 radical (unpaired) electrons. The summed E-state index contributed by atoms with van der Waals surface area (Å²) in [4.78, 5) is 19.1. The molecule has 140 valence electrons. The molecule has 2 heterocycles. The van der Waals surface area contributed by atoms with Crippen LogP contribution in [-0.4, -0.2) is 43.3 Å². The highest BCUT2D eigenvalue weighted by Gasteiger charge is 2.23. The number of aliphatic hydroxyl groups is 1. The zero-order valence-corrected chi connectivity index (χ0v) is 15.4. The number of carbonyl (C=O) groups is 1. The summed E-state index contributed by atoms with van der Waals surface area (Å²) in [7, 11) is 0. The zero-order chi connectivity index (χ0) is 19.1. The first kappa shape index (κ1) is 18.8. The largest absolute Gasteiger partial charge is 0.394 e. The summed E-state index contributed by atoms with van der Waals surface area (Å²) in [5.41, 5.74) is 2.55. The second-order valence-corrected chi connectivity index (χ2v) is 6.44. The number of amides is 1. The molecule has 1 atom stereocenters. The lowest BCUT2D eigenvalue weighted by molar-refractivity contribution is 0.0563. The lowest BCUT2D eigenvalue weighted by atomic mass is 10.1. The van der Waals surface area contributed by atoms with Crippen molar-refractivity contribution in [3.63, 3.8) is 0 Å². The highest BCUT2D eigenvalue weighted by molar-refractivity contribution is 5.94. The van der Waals surface area contributed by atoms with Gasteiger partial charge in [-0.1, -0.05) is 25.1 Å². The fourth-order valence-electron chi connectivity index (χ4n) is 3.05. The van der Waals surface area contributed by atoms with Crippen LogP contribution < -0.4 is 0 Å². The van der Waals surface area contributed by atoms with Crippen LogP contribution in [0.4, 0.5) is 0 Å². The predicted octanol–water partition coefficient (Wildman–Crippen LogP) is 2.74. The molecule has 2 aromatic heterocycles. The molecule has 1 amide bonds. The molecule has 0 fully saturated rings. The number of pyridine rings is 1. The second kappa shape index (κ2) is 9.09. The molecule has 0 aliphatic carbocycles. The normalized spacial score (nSPS) is 11.9. The molecule has 3 aromatic rings. The van der Waals surface area contributed by atoms with E-state index in [0.29, 0.717) is 25.1 Å². The van der Waals surface area contributed by atoms with Crippen molar-refractivity contribution in [1.82, 2.24) is 19.7 Å². The van der Waals surface area contributed by atoms with Gasteiger partial charge in [0.05, 0.1) is 19.2 Å². The third kappa shape index (κ3) is 4.80. The van der Waals surface area contributed by atoms with Crippen molar-refractivity contribution in [2.45, 2.75) is 32.5 Å². The van der Waals surface area contributed by atoms with E-state index in [4.69, 9.17) is 0 Å². The molecule has 1 aromatic carbocycles. The summed E-state index contributed by atoms with van der Waals surface area (Å²) < 4.78 is 1.82. The Balaban J connectivity index is 1.84. The fraction of sp³-hybridized carbons (Fsp3) is 0.286. The van der Waals surface area contributed by atoms with Crippen molar-refractivity contribution in [3.05, 3.63) is 83.9 Å². The van der Waals surface area contributed by atoms with Gasteiger partial charge in [-0.05, 0) is 41.8 Å². The highest BCUT2D eigenvalue weighted by Crippen LogP contribution is 2.16. The second-order valence-electron chi connectivity index (χ2n) is 6.44. The molecule has 1 N–H and O–H groups in total. The number of aromatic nitrogens is 3. The molecule has 3 rings (SSSR count). The molecule has 0 spiro atoms. The zero-order valence-electron chi connectivity index (χ0n) is 15.4. The summed E-state index contributed by atoms with van der Waals surface area (Å²) >= 11 is 0. The monoisotopic (exact) mass is 364 g/mol. The molecule has 0 saturated carbocycles. The van der Waals surface area contributed by atoms with Gasteiger partial charge in [0, 0.05) is 36.9 Å². The van der Waals surface area contributed by atoms with Gasteiger partial charge in [-0.15, -0.1) is 0 Å². The molecular formula is C21H24N4O2. The Morgan fingerprint density at radius 2 is 2.04 bits per heavy atom. The number of benzene rings is 1. The van der Waals surface area contributed by atoms with Crippen molar-refractivity contribution >= 4 is 5.91 Å². The summed E-state index contributed by atoms with van der Waals surface area (Å²) in [6.07, 6.45) is 7.76. The fourth-order valence-corrected chi connectivity index (χ4v) is 3.05. The van der Waals surface area contributed by atoms with Crippen LogP contribution in [0.2, 0.25) is 0 Å². The molecule has 0 bridgehead atoms. The number of hydrogen-bond donors (Lipinski definition) is 1. The lowest BCUT2D eigenvalue weighted by Gasteiger charge is -2.30. The molecule has 0 unspecified atom stereocenters. The standard InChI is InChI=1S/C21H24N4O2/c1-2-20(16-26)25(15-18-7-4-9-22-13-18)21(27)19-8-3-6-17(12-19)14-24-11-5-10-23-24/h3-13,20,26H,2,14-16H2,1H3/t20-/m1/s1. The van der Waals surface area contributed by atoms with Crippen molar-refractivity contribution < 1.29 is 9.90 Å². The van der Waals surface area contributed by atoms with Crippen molar-refractivity contribution in [2.75, 3.05) is 6.61 Å². The topological polar surface area (TPSA) is 71.2 Å². The minimum atomic E-state index is -0.243. The van der Waals surface area contributed by atoms with E-state index < -0.39 is 0 Å². The van der Waals surface area contributed by atoms with Crippen molar-refractivity contribution in [3.8, 4) is 0 Å². The van der Waals surface area contributed by atoms with Gasteiger partial charge in [-0.25, -0.2) is 0 Å². The SMILES string of the molecule is CC[C@H](CO)N(Cc1cccnc1)C(=O)c1cccc(Cn2cccn2)c1.